The molecule has 0 saturated carbocycles. The summed E-state index contributed by atoms with van der Waals surface area (Å²) in [6, 6.07) is 2.43. The molecule has 2 rings (SSSR count). The number of carbonyl (C=O) groups is 1. The van der Waals surface area contributed by atoms with Gasteiger partial charge in [0.25, 0.3) is 11.6 Å². The first-order chi connectivity index (χ1) is 8.93. The maximum atomic E-state index is 11.2. The van der Waals surface area contributed by atoms with Crippen LogP contribution in [0.25, 0.3) is 11.3 Å². The Hall–Kier alpha value is -2.19. The molecule has 0 aliphatic rings. The van der Waals surface area contributed by atoms with Crippen molar-refractivity contribution in [3.05, 3.63) is 38.0 Å². The van der Waals surface area contributed by atoms with E-state index in [1.54, 1.807) is 0 Å². The smallest absolute Gasteiger partial charge is 0.288 e. The van der Waals surface area contributed by atoms with Crippen molar-refractivity contribution in [2.24, 2.45) is 5.73 Å². The Balaban J connectivity index is 2.75. The van der Waals surface area contributed by atoms with Crippen molar-refractivity contribution in [3.8, 4) is 11.3 Å². The van der Waals surface area contributed by atoms with Crippen molar-refractivity contribution in [2.45, 2.75) is 0 Å². The summed E-state index contributed by atoms with van der Waals surface area (Å²) in [5, 5.41) is 20.1. The summed E-state index contributed by atoms with van der Waals surface area (Å²) in [5.74, 6) is -0.859. The molecule has 8 nitrogen and oxygen atoms in total. The minimum atomic E-state index is -0.859. The summed E-state index contributed by atoms with van der Waals surface area (Å²) in [6.07, 6.45) is 0. The van der Waals surface area contributed by atoms with E-state index in [1.807, 2.05) is 0 Å². The number of halogens is 2. The van der Waals surface area contributed by atoms with Gasteiger partial charge in [-0.2, -0.15) is 15.4 Å². The normalized spacial score (nSPS) is 10.4. The Morgan fingerprint density at radius 3 is 2.63 bits per heavy atom. The van der Waals surface area contributed by atoms with E-state index in [-0.39, 0.29) is 32.7 Å². The third-order valence-electron chi connectivity index (χ3n) is 2.29. The van der Waals surface area contributed by atoms with E-state index in [0.717, 1.165) is 6.07 Å². The number of nitro groups is 1. The van der Waals surface area contributed by atoms with Gasteiger partial charge in [-0.3, -0.25) is 14.9 Å². The second-order valence-corrected chi connectivity index (χ2v) is 4.18. The average molecular weight is 302 g/mol. The predicted molar refractivity (Wildman–Crippen MR) is 67.0 cm³/mol. The lowest BCUT2D eigenvalue weighted by molar-refractivity contribution is -0.384. The van der Waals surface area contributed by atoms with E-state index in [4.69, 9.17) is 28.9 Å². The molecule has 0 aliphatic carbocycles. The second-order valence-electron chi connectivity index (χ2n) is 3.40. The number of hydrogen-bond acceptors (Lipinski definition) is 5. The molecule has 0 radical (unpaired) electrons. The molecule has 0 bridgehead atoms. The fourth-order valence-corrected chi connectivity index (χ4v) is 2.10. The van der Waals surface area contributed by atoms with E-state index in [2.05, 4.69) is 15.4 Å². The van der Waals surface area contributed by atoms with Crippen LogP contribution in [0.3, 0.4) is 0 Å². The van der Waals surface area contributed by atoms with Gasteiger partial charge in [0.05, 0.1) is 9.95 Å². The number of carbonyl (C=O) groups excluding carboxylic acids is 1. The molecule has 10 heteroatoms. The van der Waals surface area contributed by atoms with Gasteiger partial charge in [0.2, 0.25) is 0 Å². The maximum absolute atomic E-state index is 11.2. The number of benzene rings is 1. The van der Waals surface area contributed by atoms with Crippen molar-refractivity contribution in [1.29, 1.82) is 0 Å². The number of H-pyrrole nitrogens is 1. The fourth-order valence-electron chi connectivity index (χ4n) is 1.48. The molecule has 1 heterocycles. The number of rotatable bonds is 3. The van der Waals surface area contributed by atoms with Crippen LogP contribution in [-0.2, 0) is 0 Å². The molecule has 0 spiro atoms. The van der Waals surface area contributed by atoms with Gasteiger partial charge in [0.1, 0.15) is 10.7 Å². The molecule has 0 fully saturated rings. The van der Waals surface area contributed by atoms with Crippen molar-refractivity contribution >= 4 is 34.8 Å². The topological polar surface area (TPSA) is 128 Å². The summed E-state index contributed by atoms with van der Waals surface area (Å²) >= 11 is 11.9. The van der Waals surface area contributed by atoms with Gasteiger partial charge in [-0.05, 0) is 6.07 Å². The Kier molecular flexibility index (Phi) is 3.36. The van der Waals surface area contributed by atoms with Gasteiger partial charge in [0.15, 0.2) is 5.69 Å². The highest BCUT2D eigenvalue weighted by Crippen LogP contribution is 2.40. The van der Waals surface area contributed by atoms with E-state index in [0.29, 0.717) is 0 Å². The summed E-state index contributed by atoms with van der Waals surface area (Å²) in [6.45, 7) is 0. The van der Waals surface area contributed by atoms with Gasteiger partial charge >= 0.3 is 0 Å². The van der Waals surface area contributed by atoms with Crippen molar-refractivity contribution in [2.75, 3.05) is 0 Å². The largest absolute Gasteiger partial charge is 0.364 e. The number of nitrogens with zero attached hydrogens (tertiary/aromatic N) is 3. The predicted octanol–water partition coefficient (Wildman–Crippen LogP) is 1.79. The lowest BCUT2D eigenvalue weighted by atomic mass is 10.1. The Bertz CT molecular complexity index is 684. The van der Waals surface area contributed by atoms with Crippen LogP contribution < -0.4 is 5.73 Å². The van der Waals surface area contributed by atoms with Gasteiger partial charge in [0, 0.05) is 11.6 Å². The van der Waals surface area contributed by atoms with E-state index in [9.17, 15) is 14.9 Å². The highest BCUT2D eigenvalue weighted by atomic mass is 35.5. The third kappa shape index (κ3) is 2.23. The average Bonchev–Trinajstić information content (AvgIpc) is 2.77. The zero-order valence-corrected chi connectivity index (χ0v) is 10.6. The Morgan fingerprint density at radius 2 is 2.05 bits per heavy atom. The molecule has 3 N–H and O–H groups in total. The molecule has 0 atom stereocenters. The zero-order chi connectivity index (χ0) is 14.2. The van der Waals surface area contributed by atoms with E-state index < -0.39 is 10.8 Å². The van der Waals surface area contributed by atoms with Gasteiger partial charge in [-0.1, -0.05) is 23.2 Å². The van der Waals surface area contributed by atoms with Crippen LogP contribution in [-0.4, -0.2) is 26.2 Å². The summed E-state index contributed by atoms with van der Waals surface area (Å²) in [4.78, 5) is 21.3. The zero-order valence-electron chi connectivity index (χ0n) is 9.05. The first-order valence-electron chi connectivity index (χ1n) is 4.76. The molecule has 1 amide bonds. The molecule has 0 saturated heterocycles. The number of amides is 1. The monoisotopic (exact) mass is 301 g/mol. The number of primary amides is 1. The first-order valence-corrected chi connectivity index (χ1v) is 5.52. The molecule has 0 aliphatic heterocycles. The van der Waals surface area contributed by atoms with Crippen molar-refractivity contribution in [1.82, 2.24) is 15.4 Å². The number of nitrogens with one attached hydrogen (secondary N) is 1. The lowest BCUT2D eigenvalue weighted by Crippen LogP contribution is -2.13. The highest BCUT2D eigenvalue weighted by Gasteiger charge is 2.25. The fraction of sp³-hybridized carbons (Fsp3) is 0. The number of nitrogens with two attached hydrogens (primary N) is 1. The summed E-state index contributed by atoms with van der Waals surface area (Å²) in [5.41, 5.74) is 4.54. The van der Waals surface area contributed by atoms with E-state index >= 15 is 0 Å². The lowest BCUT2D eigenvalue weighted by Gasteiger charge is -2.05. The minimum Gasteiger partial charge on any atom is -0.364 e. The number of nitro benzene ring substituents is 1. The Labute approximate surface area is 115 Å². The van der Waals surface area contributed by atoms with Crippen LogP contribution >= 0.6 is 23.2 Å². The van der Waals surface area contributed by atoms with Crippen molar-refractivity contribution in [3.63, 3.8) is 0 Å². The number of aromatic nitrogens is 3. The van der Waals surface area contributed by atoms with Crippen LogP contribution in [0.2, 0.25) is 10.0 Å². The molecule has 98 valence electrons. The second kappa shape index (κ2) is 4.82. The molecule has 0 unspecified atom stereocenters. The van der Waals surface area contributed by atoms with Gasteiger partial charge in [-0.25, -0.2) is 0 Å². The quantitative estimate of drug-likeness (QED) is 0.659. The molecular formula is C9H5Cl2N5O3. The third-order valence-corrected chi connectivity index (χ3v) is 2.98. The summed E-state index contributed by atoms with van der Waals surface area (Å²) in [7, 11) is 0. The van der Waals surface area contributed by atoms with Crippen LogP contribution in [0, 0.1) is 10.1 Å². The minimum absolute atomic E-state index is 0.0279. The van der Waals surface area contributed by atoms with Crippen LogP contribution in [0.1, 0.15) is 10.5 Å². The molecule has 1 aromatic heterocycles. The Morgan fingerprint density at radius 1 is 1.37 bits per heavy atom. The molecular weight excluding hydrogens is 297 g/mol. The van der Waals surface area contributed by atoms with Gasteiger partial charge in [-0.15, -0.1) is 0 Å². The number of hydrogen-bond donors (Lipinski definition) is 2. The van der Waals surface area contributed by atoms with E-state index in [1.165, 1.54) is 6.07 Å². The SMILES string of the molecule is NC(=O)c1n[nH]nc1-c1c(Cl)ccc([N+](=O)[O-])c1Cl. The maximum Gasteiger partial charge on any atom is 0.288 e. The van der Waals surface area contributed by atoms with Crippen molar-refractivity contribution < 1.29 is 9.72 Å². The van der Waals surface area contributed by atoms with Gasteiger partial charge < -0.3 is 5.73 Å². The highest BCUT2D eigenvalue weighted by molar-refractivity contribution is 6.40. The standard InChI is InChI=1S/C9H5Cl2N5O3/c10-3-1-2-4(16(18)19)6(11)5(3)7-8(9(12)17)14-15-13-7/h1-2H,(H2,12,17)(H,13,14,15). The molecule has 1 aromatic carbocycles. The molecule has 19 heavy (non-hydrogen) atoms. The van der Waals surface area contributed by atoms with Crippen LogP contribution in [0.15, 0.2) is 12.1 Å². The number of aromatic amines is 1. The summed E-state index contributed by atoms with van der Waals surface area (Å²) < 4.78 is 0. The molecule has 2 aromatic rings. The van der Waals surface area contributed by atoms with Crippen LogP contribution in [0.4, 0.5) is 5.69 Å². The van der Waals surface area contributed by atoms with Crippen LogP contribution in [0.5, 0.6) is 0 Å². The first kappa shape index (κ1) is 13.2.